The summed E-state index contributed by atoms with van der Waals surface area (Å²) in [5, 5.41) is 13.1. The van der Waals surface area contributed by atoms with Crippen molar-refractivity contribution in [2.75, 3.05) is 6.54 Å². The van der Waals surface area contributed by atoms with Crippen LogP contribution in [0.15, 0.2) is 24.4 Å². The Labute approximate surface area is 191 Å². The summed E-state index contributed by atoms with van der Waals surface area (Å²) in [6.07, 6.45) is 0.340. The minimum absolute atomic E-state index is 0.0322. The zero-order valence-electron chi connectivity index (χ0n) is 17.9. The van der Waals surface area contributed by atoms with Gasteiger partial charge in [0.15, 0.2) is 0 Å². The number of imidazole rings is 1. The second kappa shape index (κ2) is 10.4. The molecule has 0 saturated heterocycles. The standard InChI is InChI=1S/C19H23F2N5O.C2HF3O2/c20-12-3-5-14(15(21)7-12)17-10-26-9-13(4-6-18(26)24-17)23-19(27)25-16(8-22)11-1-2-11;3-2(4,5)1(6)7/h3,5,7,10-11,13,16H,1-2,4,6,8-9,22H2,(H2,23,25,27);(H,6,7). The van der Waals surface area contributed by atoms with Crippen LogP contribution in [-0.2, 0) is 17.8 Å². The third kappa shape index (κ3) is 6.65. The quantitative estimate of drug-likeness (QED) is 0.481. The number of nitrogens with two attached hydrogens (primary N) is 1. The van der Waals surface area contributed by atoms with E-state index < -0.39 is 23.8 Å². The topological polar surface area (TPSA) is 122 Å². The molecule has 1 aliphatic carbocycles. The number of amides is 2. The lowest BCUT2D eigenvalue weighted by atomic mass is 10.1. The van der Waals surface area contributed by atoms with Crippen molar-refractivity contribution in [1.82, 2.24) is 20.2 Å². The number of aliphatic carboxylic acids is 1. The molecule has 1 fully saturated rings. The average molecular weight is 489 g/mol. The molecule has 2 aromatic rings. The van der Waals surface area contributed by atoms with Crippen molar-refractivity contribution in [3.8, 4) is 11.3 Å². The molecule has 5 N–H and O–H groups in total. The highest BCUT2D eigenvalue weighted by Gasteiger charge is 2.38. The normalized spacial score (nSPS) is 18.2. The van der Waals surface area contributed by atoms with Crippen LogP contribution in [0, 0.1) is 17.6 Å². The van der Waals surface area contributed by atoms with Crippen LogP contribution < -0.4 is 16.4 Å². The van der Waals surface area contributed by atoms with E-state index in [2.05, 4.69) is 15.6 Å². The molecule has 186 valence electrons. The highest BCUT2D eigenvalue weighted by atomic mass is 19.4. The minimum Gasteiger partial charge on any atom is -0.475 e. The molecule has 2 unspecified atom stereocenters. The number of nitrogens with one attached hydrogen (secondary N) is 2. The lowest BCUT2D eigenvalue weighted by Gasteiger charge is -2.26. The van der Waals surface area contributed by atoms with Crippen molar-refractivity contribution < 1.29 is 36.6 Å². The van der Waals surface area contributed by atoms with Crippen molar-refractivity contribution >= 4 is 12.0 Å². The first-order valence-electron chi connectivity index (χ1n) is 10.6. The monoisotopic (exact) mass is 489 g/mol. The van der Waals surface area contributed by atoms with Crippen molar-refractivity contribution in [3.05, 3.63) is 41.9 Å². The second-order valence-electron chi connectivity index (χ2n) is 8.15. The van der Waals surface area contributed by atoms with Gasteiger partial charge in [-0.1, -0.05) is 0 Å². The van der Waals surface area contributed by atoms with Crippen LogP contribution in [-0.4, -0.2) is 51.5 Å². The predicted octanol–water partition coefficient (Wildman–Crippen LogP) is 2.81. The van der Waals surface area contributed by atoms with Gasteiger partial charge in [-0.2, -0.15) is 13.2 Å². The first kappa shape index (κ1) is 25.4. The number of rotatable bonds is 5. The highest BCUT2D eigenvalue weighted by molar-refractivity contribution is 5.74. The van der Waals surface area contributed by atoms with Gasteiger partial charge in [-0.15, -0.1) is 0 Å². The van der Waals surface area contributed by atoms with Crippen LogP contribution in [0.2, 0.25) is 0 Å². The van der Waals surface area contributed by atoms with E-state index in [1.165, 1.54) is 12.1 Å². The summed E-state index contributed by atoms with van der Waals surface area (Å²) in [4.78, 5) is 25.6. The number of fused-ring (bicyclic) bond motifs is 1. The molecule has 4 rings (SSSR count). The van der Waals surface area contributed by atoms with Crippen LogP contribution in [0.4, 0.5) is 26.7 Å². The second-order valence-corrected chi connectivity index (χ2v) is 8.15. The summed E-state index contributed by atoms with van der Waals surface area (Å²) in [5.41, 5.74) is 6.48. The van der Waals surface area contributed by atoms with Crippen LogP contribution in [0.1, 0.15) is 25.1 Å². The zero-order chi connectivity index (χ0) is 25.0. The highest BCUT2D eigenvalue weighted by Crippen LogP contribution is 2.32. The van der Waals surface area contributed by atoms with Gasteiger partial charge in [-0.25, -0.2) is 23.4 Å². The number of halogens is 5. The fourth-order valence-corrected chi connectivity index (χ4v) is 3.65. The van der Waals surface area contributed by atoms with Crippen molar-refractivity contribution in [2.45, 2.75) is 50.5 Å². The fraction of sp³-hybridized carbons (Fsp3) is 0.476. The number of hydrogen-bond donors (Lipinski definition) is 4. The number of alkyl halides is 3. The number of benzene rings is 1. The third-order valence-electron chi connectivity index (χ3n) is 5.54. The maximum atomic E-state index is 14.0. The molecule has 34 heavy (non-hydrogen) atoms. The lowest BCUT2D eigenvalue weighted by Crippen LogP contribution is -2.51. The number of aromatic nitrogens is 2. The Kier molecular flexibility index (Phi) is 7.75. The zero-order valence-corrected chi connectivity index (χ0v) is 17.9. The Hall–Kier alpha value is -3.22. The van der Waals surface area contributed by atoms with Crippen molar-refractivity contribution in [2.24, 2.45) is 11.7 Å². The molecule has 0 spiro atoms. The lowest BCUT2D eigenvalue weighted by molar-refractivity contribution is -0.192. The molecule has 0 radical (unpaired) electrons. The molecule has 13 heteroatoms. The first-order valence-corrected chi connectivity index (χ1v) is 10.6. The Morgan fingerprint density at radius 1 is 1.24 bits per heavy atom. The van der Waals surface area contributed by atoms with E-state index in [-0.39, 0.29) is 23.7 Å². The number of carboxylic acids is 1. The van der Waals surface area contributed by atoms with Gasteiger partial charge in [0.1, 0.15) is 17.5 Å². The minimum atomic E-state index is -5.08. The van der Waals surface area contributed by atoms with Gasteiger partial charge in [-0.05, 0) is 37.3 Å². The van der Waals surface area contributed by atoms with Crippen LogP contribution in [0.3, 0.4) is 0 Å². The molecule has 2 aliphatic rings. The Morgan fingerprint density at radius 2 is 1.91 bits per heavy atom. The van der Waals surface area contributed by atoms with Gasteiger partial charge in [0.2, 0.25) is 0 Å². The fourth-order valence-electron chi connectivity index (χ4n) is 3.65. The molecule has 2 atom stereocenters. The van der Waals surface area contributed by atoms with Gasteiger partial charge in [-0.3, -0.25) is 0 Å². The van der Waals surface area contributed by atoms with E-state index in [0.29, 0.717) is 31.1 Å². The summed E-state index contributed by atoms with van der Waals surface area (Å²) in [7, 11) is 0. The largest absolute Gasteiger partial charge is 0.490 e. The van der Waals surface area contributed by atoms with E-state index in [0.717, 1.165) is 31.2 Å². The Morgan fingerprint density at radius 3 is 2.47 bits per heavy atom. The molecule has 0 bridgehead atoms. The summed E-state index contributed by atoms with van der Waals surface area (Å²) in [6.45, 7) is 1.01. The number of carbonyl (C=O) groups excluding carboxylic acids is 1. The van der Waals surface area contributed by atoms with Crippen LogP contribution >= 0.6 is 0 Å². The molecule has 1 aromatic heterocycles. The molecule has 2 amide bonds. The Balaban J connectivity index is 0.000000406. The van der Waals surface area contributed by atoms with E-state index in [1.54, 1.807) is 6.20 Å². The molecule has 1 saturated carbocycles. The number of nitrogens with zero attached hydrogens (tertiary/aromatic N) is 2. The average Bonchev–Trinajstić information content (AvgIpc) is 3.51. The number of carbonyl (C=O) groups is 2. The smallest absolute Gasteiger partial charge is 0.475 e. The summed E-state index contributed by atoms with van der Waals surface area (Å²) in [5.74, 6) is -2.66. The van der Waals surface area contributed by atoms with Crippen molar-refractivity contribution in [1.29, 1.82) is 0 Å². The maximum absolute atomic E-state index is 14.0. The number of urea groups is 1. The Bertz CT molecular complexity index is 1040. The molecule has 2 heterocycles. The number of carboxylic acid groups (broad SMARTS) is 1. The van der Waals surface area contributed by atoms with Gasteiger partial charge in [0.05, 0.1) is 5.69 Å². The maximum Gasteiger partial charge on any atom is 0.490 e. The summed E-state index contributed by atoms with van der Waals surface area (Å²) < 4.78 is 60.8. The number of aryl methyl sites for hydroxylation is 1. The molecule has 1 aromatic carbocycles. The van der Waals surface area contributed by atoms with Gasteiger partial charge in [0.25, 0.3) is 0 Å². The van der Waals surface area contributed by atoms with E-state index >= 15 is 0 Å². The third-order valence-corrected chi connectivity index (χ3v) is 5.54. The van der Waals surface area contributed by atoms with Gasteiger partial charge >= 0.3 is 18.2 Å². The van der Waals surface area contributed by atoms with E-state index in [1.807, 2.05) is 4.57 Å². The summed E-state index contributed by atoms with van der Waals surface area (Å²) in [6, 6.07) is 3.28. The summed E-state index contributed by atoms with van der Waals surface area (Å²) >= 11 is 0. The van der Waals surface area contributed by atoms with Crippen LogP contribution in [0.5, 0.6) is 0 Å². The first-order chi connectivity index (χ1) is 16.0. The molecule has 8 nitrogen and oxygen atoms in total. The van der Waals surface area contributed by atoms with E-state index in [4.69, 9.17) is 15.6 Å². The SMILES string of the molecule is NCC(NC(=O)NC1CCc2nc(-c3ccc(F)cc3F)cn2C1)C1CC1.O=C(O)C(F)(F)F. The van der Waals surface area contributed by atoms with Crippen molar-refractivity contribution in [3.63, 3.8) is 0 Å². The van der Waals surface area contributed by atoms with Gasteiger partial charge in [0, 0.05) is 49.4 Å². The molecular weight excluding hydrogens is 465 g/mol. The molecule has 1 aliphatic heterocycles. The molecular formula is C21H24F5N5O3. The number of hydrogen-bond acceptors (Lipinski definition) is 4. The van der Waals surface area contributed by atoms with E-state index in [9.17, 15) is 26.7 Å². The predicted molar refractivity (Wildman–Crippen MR) is 111 cm³/mol. The van der Waals surface area contributed by atoms with Crippen LogP contribution in [0.25, 0.3) is 11.3 Å². The van der Waals surface area contributed by atoms with Gasteiger partial charge < -0.3 is 26.0 Å².